The van der Waals surface area contributed by atoms with E-state index >= 15 is 0 Å². The van der Waals surface area contributed by atoms with E-state index < -0.39 is 27.4 Å². The smallest absolute Gasteiger partial charge is 0.313 e. The third-order valence-corrected chi connectivity index (χ3v) is 6.63. The van der Waals surface area contributed by atoms with E-state index in [1.165, 1.54) is 10.5 Å². The molecule has 0 aliphatic carbocycles. The molecule has 8 nitrogen and oxygen atoms in total. The number of nitrogens with one attached hydrogen (secondary N) is 1. The zero-order valence-electron chi connectivity index (χ0n) is 12.3. The fraction of sp³-hybridized carbons (Fsp3) is 0.692. The van der Waals surface area contributed by atoms with Gasteiger partial charge >= 0.3 is 5.97 Å². The topological polar surface area (TPSA) is 113 Å². The zero-order chi connectivity index (χ0) is 16.0. The largest absolute Gasteiger partial charge is 0.481 e. The van der Waals surface area contributed by atoms with Crippen molar-refractivity contribution in [1.82, 2.24) is 14.5 Å². The Bertz CT molecular complexity index is 686. The van der Waals surface area contributed by atoms with E-state index in [0.717, 1.165) is 0 Å². The van der Waals surface area contributed by atoms with Crippen LogP contribution in [-0.4, -0.2) is 59.8 Å². The van der Waals surface area contributed by atoms with Gasteiger partial charge in [-0.1, -0.05) is 6.92 Å². The molecule has 2 N–H and O–H groups in total. The predicted molar refractivity (Wildman–Crippen MR) is 75.8 cm³/mol. The molecule has 122 valence electrons. The number of H-pyrrole nitrogens is 1. The third-order valence-electron chi connectivity index (χ3n) is 4.67. The van der Waals surface area contributed by atoms with Gasteiger partial charge in [-0.25, -0.2) is 8.42 Å². The molecular formula is C13H19N3O5S. The highest BCUT2D eigenvalue weighted by molar-refractivity contribution is 7.89. The van der Waals surface area contributed by atoms with Crippen LogP contribution >= 0.6 is 0 Å². The minimum atomic E-state index is -3.79. The average Bonchev–Trinajstić information content (AvgIpc) is 3.13. The average molecular weight is 329 g/mol. The number of ether oxygens (including phenoxy) is 1. The summed E-state index contributed by atoms with van der Waals surface area (Å²) in [5.74, 6) is -0.988. The summed E-state index contributed by atoms with van der Waals surface area (Å²) in [4.78, 5) is 11.8. The maximum Gasteiger partial charge on any atom is 0.313 e. The Balaban J connectivity index is 2.02. The zero-order valence-corrected chi connectivity index (χ0v) is 13.1. The number of aromatic nitrogens is 2. The Morgan fingerprint density at radius 2 is 2.41 bits per heavy atom. The van der Waals surface area contributed by atoms with Crippen LogP contribution in [0.5, 0.6) is 0 Å². The van der Waals surface area contributed by atoms with E-state index in [2.05, 4.69) is 10.2 Å². The Kier molecular flexibility index (Phi) is 3.74. The second-order valence-corrected chi connectivity index (χ2v) is 7.64. The van der Waals surface area contributed by atoms with Crippen LogP contribution in [0.4, 0.5) is 0 Å². The first-order valence-corrected chi connectivity index (χ1v) is 8.72. The highest BCUT2D eigenvalue weighted by Crippen LogP contribution is 2.43. The monoisotopic (exact) mass is 329 g/mol. The predicted octanol–water partition coefficient (Wildman–Crippen LogP) is 0.226. The maximum atomic E-state index is 13.0. The Labute approximate surface area is 128 Å². The van der Waals surface area contributed by atoms with Gasteiger partial charge in [0.1, 0.15) is 10.3 Å². The molecule has 2 fully saturated rings. The molecule has 0 unspecified atom stereocenters. The van der Waals surface area contributed by atoms with Gasteiger partial charge in [0, 0.05) is 6.54 Å². The molecule has 9 heteroatoms. The van der Waals surface area contributed by atoms with Gasteiger partial charge in [-0.15, -0.1) is 0 Å². The molecule has 2 aliphatic heterocycles. The minimum absolute atomic E-state index is 0.0606. The van der Waals surface area contributed by atoms with Gasteiger partial charge in [-0.2, -0.15) is 9.40 Å². The van der Waals surface area contributed by atoms with E-state index in [0.29, 0.717) is 31.5 Å². The first-order valence-electron chi connectivity index (χ1n) is 7.28. The number of hydrogen-bond donors (Lipinski definition) is 2. The summed E-state index contributed by atoms with van der Waals surface area (Å²) in [5.41, 5.74) is -0.605. The molecule has 1 aromatic rings. The molecule has 22 heavy (non-hydrogen) atoms. The maximum absolute atomic E-state index is 13.0. The molecule has 0 bridgehead atoms. The van der Waals surface area contributed by atoms with Crippen molar-refractivity contribution in [2.75, 3.05) is 19.8 Å². The summed E-state index contributed by atoms with van der Waals surface area (Å²) in [6.07, 6.45) is 2.74. The summed E-state index contributed by atoms with van der Waals surface area (Å²) in [5, 5.41) is 16.1. The van der Waals surface area contributed by atoms with Crippen LogP contribution in [0.25, 0.3) is 0 Å². The van der Waals surface area contributed by atoms with Gasteiger partial charge in [0.2, 0.25) is 10.0 Å². The summed E-state index contributed by atoms with van der Waals surface area (Å²) in [6.45, 7) is 2.32. The Morgan fingerprint density at radius 3 is 3.09 bits per heavy atom. The Hall–Kier alpha value is -1.45. The molecule has 1 aromatic heterocycles. The number of sulfonamides is 1. The molecule has 3 rings (SSSR count). The van der Waals surface area contributed by atoms with Crippen molar-refractivity contribution >= 4 is 16.0 Å². The molecule has 3 heterocycles. The molecule has 0 radical (unpaired) electrons. The van der Waals surface area contributed by atoms with E-state index in [1.54, 1.807) is 0 Å². The minimum Gasteiger partial charge on any atom is -0.481 e. The van der Waals surface area contributed by atoms with Gasteiger partial charge in [-0.05, 0) is 19.3 Å². The highest BCUT2D eigenvalue weighted by atomic mass is 32.2. The van der Waals surface area contributed by atoms with Crippen molar-refractivity contribution in [3.63, 3.8) is 0 Å². The number of rotatable bonds is 4. The van der Waals surface area contributed by atoms with E-state index in [-0.39, 0.29) is 18.1 Å². The molecule has 2 atom stereocenters. The van der Waals surface area contributed by atoms with Gasteiger partial charge in [-0.3, -0.25) is 9.89 Å². The van der Waals surface area contributed by atoms with Crippen molar-refractivity contribution in [3.05, 3.63) is 11.9 Å². The van der Waals surface area contributed by atoms with Gasteiger partial charge in [0.25, 0.3) is 0 Å². The number of carboxylic acid groups (broad SMARTS) is 1. The second-order valence-electron chi connectivity index (χ2n) is 5.78. The molecule has 0 aromatic carbocycles. The van der Waals surface area contributed by atoms with Crippen LogP contribution < -0.4 is 0 Å². The molecule has 0 saturated carbocycles. The lowest BCUT2D eigenvalue weighted by Gasteiger charge is -2.41. The molecule has 0 spiro atoms. The number of piperidine rings is 1. The second kappa shape index (κ2) is 5.32. The first-order chi connectivity index (χ1) is 10.4. The molecule has 2 aliphatic rings. The normalized spacial score (nSPS) is 29.4. The van der Waals surface area contributed by atoms with E-state index in [4.69, 9.17) is 4.74 Å². The van der Waals surface area contributed by atoms with Crippen molar-refractivity contribution in [3.8, 4) is 0 Å². The fourth-order valence-corrected chi connectivity index (χ4v) is 5.32. The summed E-state index contributed by atoms with van der Waals surface area (Å²) >= 11 is 0. The number of aliphatic carboxylic acids is 1. The van der Waals surface area contributed by atoms with Crippen LogP contribution in [0.2, 0.25) is 0 Å². The highest BCUT2D eigenvalue weighted by Gasteiger charge is 2.57. The number of carboxylic acids is 1. The van der Waals surface area contributed by atoms with Crippen LogP contribution in [-0.2, 0) is 26.0 Å². The van der Waals surface area contributed by atoms with Crippen molar-refractivity contribution in [2.45, 2.75) is 37.1 Å². The molecule has 2 saturated heterocycles. The van der Waals surface area contributed by atoms with Crippen molar-refractivity contribution < 1.29 is 23.1 Å². The number of nitrogens with zero attached hydrogens (tertiary/aromatic N) is 2. The fourth-order valence-electron chi connectivity index (χ4n) is 3.41. The number of aryl methyl sites for hydroxylation is 1. The van der Waals surface area contributed by atoms with Crippen LogP contribution in [0.3, 0.4) is 0 Å². The van der Waals surface area contributed by atoms with Gasteiger partial charge < -0.3 is 9.84 Å². The number of hydrogen-bond acceptors (Lipinski definition) is 5. The third kappa shape index (κ3) is 2.07. The summed E-state index contributed by atoms with van der Waals surface area (Å²) in [6, 6.07) is -0.664. The van der Waals surface area contributed by atoms with Crippen molar-refractivity contribution in [2.24, 2.45) is 5.41 Å². The number of aromatic amines is 1. The lowest BCUT2D eigenvalue weighted by atomic mass is 9.76. The first kappa shape index (κ1) is 15.4. The lowest BCUT2D eigenvalue weighted by Crippen LogP contribution is -2.57. The number of carbonyl (C=O) groups is 1. The molecule has 0 amide bonds. The van der Waals surface area contributed by atoms with Crippen LogP contribution in [0.1, 0.15) is 25.5 Å². The van der Waals surface area contributed by atoms with Gasteiger partial charge in [0.15, 0.2) is 0 Å². The summed E-state index contributed by atoms with van der Waals surface area (Å²) in [7, 11) is -3.79. The summed E-state index contributed by atoms with van der Waals surface area (Å²) < 4.78 is 32.5. The Morgan fingerprint density at radius 1 is 1.64 bits per heavy atom. The number of fused-ring (bicyclic) bond motifs is 1. The van der Waals surface area contributed by atoms with Crippen molar-refractivity contribution in [1.29, 1.82) is 0 Å². The van der Waals surface area contributed by atoms with Gasteiger partial charge in [0.05, 0.1) is 31.1 Å². The van der Waals surface area contributed by atoms with Crippen LogP contribution in [0.15, 0.2) is 11.1 Å². The standard InChI is InChI=1S/C13H19N3O5S/c1-2-9-10(6-14-15-9)22(19,20)16-5-3-4-13(12(17)18)8-21-7-11(13)16/h6,11H,2-5,7-8H2,1H3,(H,14,15)(H,17,18)/t11-,13+/m1/s1. The van der Waals surface area contributed by atoms with Crippen LogP contribution in [0, 0.1) is 5.41 Å². The molecular weight excluding hydrogens is 310 g/mol. The quantitative estimate of drug-likeness (QED) is 0.817. The van der Waals surface area contributed by atoms with E-state index in [1.807, 2.05) is 6.92 Å². The SMILES string of the molecule is CCc1[nH]ncc1S(=O)(=O)N1CCC[C@]2(C(=O)O)COC[C@@H]12. The lowest BCUT2D eigenvalue weighted by molar-refractivity contribution is -0.152. The van der Waals surface area contributed by atoms with E-state index in [9.17, 15) is 18.3 Å².